The van der Waals surface area contributed by atoms with Crippen molar-refractivity contribution in [1.82, 2.24) is 5.32 Å². The van der Waals surface area contributed by atoms with Crippen LogP contribution in [0.3, 0.4) is 0 Å². The number of hydrogen-bond donors (Lipinski definition) is 2. The van der Waals surface area contributed by atoms with Gasteiger partial charge in [0.1, 0.15) is 0 Å². The maximum atomic E-state index is 12.8. The van der Waals surface area contributed by atoms with Crippen LogP contribution in [0.25, 0.3) is 0 Å². The first-order valence-corrected chi connectivity index (χ1v) is 10.6. The first-order chi connectivity index (χ1) is 13.9. The molecule has 0 aliphatic heterocycles. The predicted octanol–water partition coefficient (Wildman–Crippen LogP) is 4.87. The molecular weight excluding hydrogens is 360 g/mol. The third kappa shape index (κ3) is 5.26. The van der Waals surface area contributed by atoms with Crippen LogP contribution in [0.2, 0.25) is 0 Å². The third-order valence-electron chi connectivity index (χ3n) is 5.64. The summed E-state index contributed by atoms with van der Waals surface area (Å²) in [4.78, 5) is 25.3. The van der Waals surface area contributed by atoms with E-state index >= 15 is 0 Å². The van der Waals surface area contributed by atoms with Crippen molar-refractivity contribution in [2.45, 2.75) is 52.4 Å². The summed E-state index contributed by atoms with van der Waals surface area (Å²) in [5, 5.41) is 6.13. The van der Waals surface area contributed by atoms with Gasteiger partial charge in [-0.1, -0.05) is 76.2 Å². The molecule has 0 saturated heterocycles. The molecule has 0 aromatic heterocycles. The van der Waals surface area contributed by atoms with Crippen LogP contribution >= 0.6 is 0 Å². The lowest BCUT2D eigenvalue weighted by molar-refractivity contribution is -0.125. The molecule has 3 rings (SSSR count). The fourth-order valence-corrected chi connectivity index (χ4v) is 3.79. The van der Waals surface area contributed by atoms with Gasteiger partial charge in [0.05, 0.1) is 11.8 Å². The molecule has 0 heterocycles. The molecule has 1 fully saturated rings. The smallest absolute Gasteiger partial charge is 0.228 e. The minimum atomic E-state index is -0.230. The highest BCUT2D eigenvalue weighted by Gasteiger charge is 2.48. The van der Waals surface area contributed by atoms with Crippen LogP contribution in [0.1, 0.15) is 62.6 Å². The number of para-hydroxylation sites is 1. The van der Waals surface area contributed by atoms with Crippen molar-refractivity contribution in [3.05, 3.63) is 65.2 Å². The second-order valence-corrected chi connectivity index (χ2v) is 8.59. The molecule has 2 amide bonds. The zero-order chi connectivity index (χ0) is 21.0. The predicted molar refractivity (Wildman–Crippen MR) is 118 cm³/mol. The van der Waals surface area contributed by atoms with Crippen LogP contribution in [0.15, 0.2) is 48.5 Å². The summed E-state index contributed by atoms with van der Waals surface area (Å²) in [7, 11) is 0. The maximum absolute atomic E-state index is 12.8. The lowest BCUT2D eigenvalue weighted by Crippen LogP contribution is -2.29. The normalized spacial score (nSPS) is 18.0. The van der Waals surface area contributed by atoms with Crippen LogP contribution in [0.4, 0.5) is 5.69 Å². The van der Waals surface area contributed by atoms with E-state index in [1.54, 1.807) is 0 Å². The summed E-state index contributed by atoms with van der Waals surface area (Å²) in [5.74, 6) is 0.150. The highest BCUT2D eigenvalue weighted by atomic mass is 16.2. The van der Waals surface area contributed by atoms with E-state index in [0.717, 1.165) is 23.2 Å². The lowest BCUT2D eigenvalue weighted by atomic mass is 9.92. The zero-order valence-electron chi connectivity index (χ0n) is 17.9. The summed E-state index contributed by atoms with van der Waals surface area (Å²) >= 11 is 0. The Balaban J connectivity index is 1.57. The van der Waals surface area contributed by atoms with Crippen LogP contribution in [0, 0.1) is 11.8 Å². The Hall–Kier alpha value is -2.62. The van der Waals surface area contributed by atoms with Gasteiger partial charge in [-0.25, -0.2) is 0 Å². The van der Waals surface area contributed by atoms with Gasteiger partial charge >= 0.3 is 0 Å². The van der Waals surface area contributed by atoms with Gasteiger partial charge in [0.15, 0.2) is 0 Å². The molecule has 154 valence electrons. The zero-order valence-corrected chi connectivity index (χ0v) is 17.9. The second-order valence-electron chi connectivity index (χ2n) is 8.59. The van der Waals surface area contributed by atoms with Gasteiger partial charge in [0.2, 0.25) is 11.8 Å². The second kappa shape index (κ2) is 9.25. The SMILES string of the molecule is CC(C)c1cccc(C(C)C)c1NC(=O)C1CC1C(=O)NCCc1ccccc1. The fraction of sp³-hybridized carbons (Fsp3) is 0.440. The molecule has 2 N–H and O–H groups in total. The Morgan fingerprint density at radius 3 is 2.03 bits per heavy atom. The summed E-state index contributed by atoms with van der Waals surface area (Å²) in [5.41, 5.74) is 4.42. The minimum absolute atomic E-state index is 0.0118. The molecule has 29 heavy (non-hydrogen) atoms. The molecule has 2 aromatic rings. The number of carbonyl (C=O) groups excluding carboxylic acids is 2. The van der Waals surface area contributed by atoms with Crippen molar-refractivity contribution in [3.63, 3.8) is 0 Å². The standard InChI is InChI=1S/C25H32N2O2/c1-16(2)19-11-8-12-20(17(3)4)23(19)27-25(29)22-15-21(22)24(28)26-14-13-18-9-6-5-7-10-18/h5-12,16-17,21-22H,13-15H2,1-4H3,(H,26,28)(H,27,29). The Kier molecular flexibility index (Phi) is 6.73. The van der Waals surface area contributed by atoms with Crippen molar-refractivity contribution in [2.75, 3.05) is 11.9 Å². The Morgan fingerprint density at radius 1 is 0.862 bits per heavy atom. The molecule has 0 bridgehead atoms. The molecule has 2 unspecified atom stereocenters. The number of carbonyl (C=O) groups is 2. The Labute approximate surface area is 174 Å². The number of amides is 2. The lowest BCUT2D eigenvalue weighted by Gasteiger charge is -2.20. The van der Waals surface area contributed by atoms with E-state index in [9.17, 15) is 9.59 Å². The van der Waals surface area contributed by atoms with Gasteiger partial charge in [-0.05, 0) is 41.4 Å². The van der Waals surface area contributed by atoms with E-state index in [4.69, 9.17) is 0 Å². The molecule has 0 radical (unpaired) electrons. The molecule has 1 aliphatic carbocycles. The largest absolute Gasteiger partial charge is 0.356 e. The molecule has 0 spiro atoms. The van der Waals surface area contributed by atoms with E-state index in [1.807, 2.05) is 18.2 Å². The Bertz CT molecular complexity index is 832. The van der Waals surface area contributed by atoms with Crippen LogP contribution in [0.5, 0.6) is 0 Å². The molecule has 1 saturated carbocycles. The molecular formula is C25H32N2O2. The van der Waals surface area contributed by atoms with Crippen molar-refractivity contribution in [2.24, 2.45) is 11.8 Å². The Morgan fingerprint density at radius 2 is 1.45 bits per heavy atom. The average molecular weight is 393 g/mol. The summed E-state index contributed by atoms with van der Waals surface area (Å²) in [6, 6.07) is 16.3. The first-order valence-electron chi connectivity index (χ1n) is 10.6. The molecule has 4 nitrogen and oxygen atoms in total. The number of nitrogens with one attached hydrogen (secondary N) is 2. The maximum Gasteiger partial charge on any atom is 0.228 e. The van der Waals surface area contributed by atoms with Gasteiger partial charge in [0, 0.05) is 12.2 Å². The van der Waals surface area contributed by atoms with Gasteiger partial charge in [0.25, 0.3) is 0 Å². The number of hydrogen-bond acceptors (Lipinski definition) is 2. The fourth-order valence-electron chi connectivity index (χ4n) is 3.79. The summed E-state index contributed by atoms with van der Waals surface area (Å²) in [6.45, 7) is 9.14. The van der Waals surface area contributed by atoms with Crippen LogP contribution in [-0.4, -0.2) is 18.4 Å². The monoisotopic (exact) mass is 392 g/mol. The van der Waals surface area contributed by atoms with Crippen molar-refractivity contribution in [3.8, 4) is 0 Å². The van der Waals surface area contributed by atoms with Crippen LogP contribution in [-0.2, 0) is 16.0 Å². The highest BCUT2D eigenvalue weighted by molar-refractivity contribution is 6.00. The van der Waals surface area contributed by atoms with E-state index in [0.29, 0.717) is 24.8 Å². The average Bonchev–Trinajstić information content (AvgIpc) is 3.49. The van der Waals surface area contributed by atoms with Crippen LogP contribution < -0.4 is 10.6 Å². The molecule has 2 aromatic carbocycles. The van der Waals surface area contributed by atoms with E-state index < -0.39 is 0 Å². The van der Waals surface area contributed by atoms with E-state index in [-0.39, 0.29) is 23.7 Å². The topological polar surface area (TPSA) is 58.2 Å². The van der Waals surface area contributed by atoms with Crippen molar-refractivity contribution >= 4 is 17.5 Å². The first kappa shape index (κ1) is 21.1. The van der Waals surface area contributed by atoms with Crippen molar-refractivity contribution < 1.29 is 9.59 Å². The van der Waals surface area contributed by atoms with E-state index in [2.05, 4.69) is 68.7 Å². The molecule has 2 atom stereocenters. The quantitative estimate of drug-likeness (QED) is 0.673. The van der Waals surface area contributed by atoms with Gasteiger partial charge in [-0.3, -0.25) is 9.59 Å². The van der Waals surface area contributed by atoms with Gasteiger partial charge < -0.3 is 10.6 Å². The molecule has 1 aliphatic rings. The molecule has 4 heteroatoms. The van der Waals surface area contributed by atoms with Gasteiger partial charge in [-0.2, -0.15) is 0 Å². The third-order valence-corrected chi connectivity index (χ3v) is 5.64. The van der Waals surface area contributed by atoms with Crippen molar-refractivity contribution in [1.29, 1.82) is 0 Å². The van der Waals surface area contributed by atoms with Gasteiger partial charge in [-0.15, -0.1) is 0 Å². The summed E-state index contributed by atoms with van der Waals surface area (Å²) < 4.78 is 0. The number of anilines is 1. The highest BCUT2D eigenvalue weighted by Crippen LogP contribution is 2.41. The van der Waals surface area contributed by atoms with E-state index in [1.165, 1.54) is 5.56 Å². The number of rotatable bonds is 8. The summed E-state index contributed by atoms with van der Waals surface area (Å²) in [6.07, 6.45) is 1.43. The minimum Gasteiger partial charge on any atom is -0.356 e. The number of benzene rings is 2.